The average molecular weight is 440 g/mol. The predicted octanol–water partition coefficient (Wildman–Crippen LogP) is 2.77. The highest BCUT2D eigenvalue weighted by molar-refractivity contribution is 5.94. The lowest BCUT2D eigenvalue weighted by atomic mass is 10.1. The van der Waals surface area contributed by atoms with Crippen LogP contribution in [0.15, 0.2) is 29.3 Å². The molecule has 2 aliphatic heterocycles. The van der Waals surface area contributed by atoms with Gasteiger partial charge in [-0.25, -0.2) is 0 Å². The maximum Gasteiger partial charge on any atom is 0.253 e. The first-order valence-electron chi connectivity index (χ1n) is 12.3. The monoisotopic (exact) mass is 439 g/mol. The molecule has 1 unspecified atom stereocenters. The summed E-state index contributed by atoms with van der Waals surface area (Å²) in [6, 6.07) is 8.10. The number of benzene rings is 1. The number of guanidine groups is 1. The molecule has 7 nitrogen and oxygen atoms in total. The number of hydrogen-bond acceptors (Lipinski definition) is 3. The zero-order valence-electron chi connectivity index (χ0n) is 19.3. The Hall–Kier alpha value is -2.57. The summed E-state index contributed by atoms with van der Waals surface area (Å²) >= 11 is 0. The number of likely N-dealkylation sites (tertiary alicyclic amines) is 2. The van der Waals surface area contributed by atoms with Crippen molar-refractivity contribution in [1.29, 1.82) is 0 Å². The molecule has 2 heterocycles. The molecule has 174 valence electrons. The molecule has 7 heteroatoms. The van der Waals surface area contributed by atoms with Crippen LogP contribution in [-0.2, 0) is 11.3 Å². The zero-order valence-corrected chi connectivity index (χ0v) is 19.3. The lowest BCUT2D eigenvalue weighted by Gasteiger charge is -2.26. The lowest BCUT2D eigenvalue weighted by Crippen LogP contribution is -2.45. The summed E-state index contributed by atoms with van der Waals surface area (Å²) < 4.78 is 0. The maximum absolute atomic E-state index is 12.7. The van der Waals surface area contributed by atoms with E-state index in [9.17, 15) is 9.59 Å². The second-order valence-corrected chi connectivity index (χ2v) is 9.37. The molecule has 0 radical (unpaired) electrons. The molecule has 1 saturated carbocycles. The number of nitrogens with one attached hydrogen (secondary N) is 2. The van der Waals surface area contributed by atoms with E-state index in [0.717, 1.165) is 75.4 Å². The van der Waals surface area contributed by atoms with Gasteiger partial charge in [0.05, 0.1) is 0 Å². The van der Waals surface area contributed by atoms with Gasteiger partial charge in [0.15, 0.2) is 5.96 Å². The van der Waals surface area contributed by atoms with Gasteiger partial charge in [-0.15, -0.1) is 0 Å². The largest absolute Gasteiger partial charge is 0.352 e. The van der Waals surface area contributed by atoms with Crippen LogP contribution in [0.2, 0.25) is 0 Å². The maximum atomic E-state index is 12.7. The molecule has 1 aliphatic carbocycles. The number of rotatable bonds is 5. The van der Waals surface area contributed by atoms with E-state index >= 15 is 0 Å². The van der Waals surface area contributed by atoms with Crippen molar-refractivity contribution in [1.82, 2.24) is 20.4 Å². The van der Waals surface area contributed by atoms with E-state index in [1.807, 2.05) is 34.1 Å². The highest BCUT2D eigenvalue weighted by Gasteiger charge is 2.32. The topological polar surface area (TPSA) is 77.0 Å². The summed E-state index contributed by atoms with van der Waals surface area (Å²) in [5, 5.41) is 6.83. The van der Waals surface area contributed by atoms with Gasteiger partial charge in [-0.1, -0.05) is 25.0 Å². The Morgan fingerprint density at radius 2 is 1.66 bits per heavy atom. The van der Waals surface area contributed by atoms with Crippen molar-refractivity contribution >= 4 is 17.8 Å². The summed E-state index contributed by atoms with van der Waals surface area (Å²) in [4.78, 5) is 33.6. The Labute approximate surface area is 191 Å². The minimum Gasteiger partial charge on any atom is -0.352 e. The van der Waals surface area contributed by atoms with E-state index in [1.54, 1.807) is 7.05 Å². The fraction of sp³-hybridized carbons (Fsp3) is 0.640. The van der Waals surface area contributed by atoms with Crippen molar-refractivity contribution in [3.8, 4) is 0 Å². The van der Waals surface area contributed by atoms with Crippen LogP contribution in [0.3, 0.4) is 0 Å². The molecular weight excluding hydrogens is 402 g/mol. The van der Waals surface area contributed by atoms with Crippen LogP contribution in [0.4, 0.5) is 0 Å². The van der Waals surface area contributed by atoms with Crippen molar-refractivity contribution in [2.45, 2.75) is 64.0 Å². The standard InChI is InChI=1S/C25H37N5O2/c1-26-25(28-22-13-16-30(18-22)24(32)20-7-3-4-8-20)27-17-19-9-11-21(12-10-19)23(31)29-14-5-2-6-15-29/h9-12,20,22H,2-8,13-18H2,1H3,(H2,26,27,28). The van der Waals surface area contributed by atoms with Gasteiger partial charge < -0.3 is 20.4 Å². The van der Waals surface area contributed by atoms with Crippen molar-refractivity contribution in [2.75, 3.05) is 33.2 Å². The second kappa shape index (κ2) is 10.8. The number of aliphatic imine (C=N–C) groups is 1. The molecule has 2 saturated heterocycles. The number of nitrogens with zero attached hydrogens (tertiary/aromatic N) is 3. The molecule has 1 atom stereocenters. The third-order valence-corrected chi connectivity index (χ3v) is 7.07. The molecular formula is C25H37N5O2. The normalized spacial score (nSPS) is 22.3. The van der Waals surface area contributed by atoms with E-state index < -0.39 is 0 Å². The molecule has 3 aliphatic rings. The first kappa shape index (κ1) is 22.6. The number of carbonyl (C=O) groups excluding carboxylic acids is 2. The zero-order chi connectivity index (χ0) is 22.3. The molecule has 0 spiro atoms. The minimum atomic E-state index is 0.139. The van der Waals surface area contributed by atoms with Gasteiger partial charge in [0, 0.05) is 57.3 Å². The molecule has 4 rings (SSSR count). The van der Waals surface area contributed by atoms with Crippen LogP contribution in [0, 0.1) is 5.92 Å². The quantitative estimate of drug-likeness (QED) is 0.546. The summed E-state index contributed by atoms with van der Waals surface area (Å²) in [7, 11) is 1.77. The van der Waals surface area contributed by atoms with Crippen LogP contribution in [0.5, 0.6) is 0 Å². The first-order valence-corrected chi connectivity index (χ1v) is 12.3. The SMILES string of the molecule is CN=C(NCc1ccc(C(=O)N2CCCCC2)cc1)NC1CCN(C(=O)C2CCCC2)C1. The van der Waals surface area contributed by atoms with E-state index in [2.05, 4.69) is 15.6 Å². The summed E-state index contributed by atoms with van der Waals surface area (Å²) in [5.41, 5.74) is 1.86. The van der Waals surface area contributed by atoms with Gasteiger partial charge in [0.2, 0.25) is 5.91 Å². The first-order chi connectivity index (χ1) is 15.6. The fourth-order valence-electron chi connectivity index (χ4n) is 5.13. The Bertz CT molecular complexity index is 810. The Kier molecular flexibility index (Phi) is 7.66. The fourth-order valence-corrected chi connectivity index (χ4v) is 5.13. The van der Waals surface area contributed by atoms with E-state index in [-0.39, 0.29) is 17.9 Å². The molecule has 3 fully saturated rings. The Morgan fingerprint density at radius 1 is 0.938 bits per heavy atom. The van der Waals surface area contributed by atoms with Gasteiger partial charge in [-0.3, -0.25) is 14.6 Å². The van der Waals surface area contributed by atoms with E-state index in [0.29, 0.717) is 12.5 Å². The molecule has 1 aromatic rings. The summed E-state index contributed by atoms with van der Waals surface area (Å²) in [5.74, 6) is 1.48. The smallest absolute Gasteiger partial charge is 0.253 e. The van der Waals surface area contributed by atoms with Crippen LogP contribution in [0.25, 0.3) is 0 Å². The Balaban J connectivity index is 1.23. The summed E-state index contributed by atoms with van der Waals surface area (Å²) in [6.45, 7) is 3.96. The third-order valence-electron chi connectivity index (χ3n) is 7.07. The highest BCUT2D eigenvalue weighted by Crippen LogP contribution is 2.27. The van der Waals surface area contributed by atoms with E-state index in [4.69, 9.17) is 0 Å². The van der Waals surface area contributed by atoms with Gasteiger partial charge in [-0.2, -0.15) is 0 Å². The van der Waals surface area contributed by atoms with Crippen LogP contribution < -0.4 is 10.6 Å². The number of piperidine rings is 1. The molecule has 2 amide bonds. The molecule has 1 aromatic carbocycles. The van der Waals surface area contributed by atoms with Gasteiger partial charge in [0.1, 0.15) is 0 Å². The van der Waals surface area contributed by atoms with Crippen molar-refractivity contribution in [3.05, 3.63) is 35.4 Å². The van der Waals surface area contributed by atoms with Gasteiger partial charge >= 0.3 is 0 Å². The van der Waals surface area contributed by atoms with Crippen molar-refractivity contribution in [2.24, 2.45) is 10.9 Å². The molecule has 32 heavy (non-hydrogen) atoms. The summed E-state index contributed by atoms with van der Waals surface area (Å²) in [6.07, 6.45) is 8.87. The predicted molar refractivity (Wildman–Crippen MR) is 126 cm³/mol. The number of carbonyl (C=O) groups is 2. The third kappa shape index (κ3) is 5.61. The molecule has 2 N–H and O–H groups in total. The average Bonchev–Trinajstić information content (AvgIpc) is 3.54. The van der Waals surface area contributed by atoms with Crippen LogP contribution in [0.1, 0.15) is 67.3 Å². The van der Waals surface area contributed by atoms with Crippen molar-refractivity contribution in [3.63, 3.8) is 0 Å². The Morgan fingerprint density at radius 3 is 2.34 bits per heavy atom. The van der Waals surface area contributed by atoms with E-state index in [1.165, 1.54) is 19.3 Å². The number of amides is 2. The second-order valence-electron chi connectivity index (χ2n) is 9.37. The number of hydrogen-bond donors (Lipinski definition) is 2. The van der Waals surface area contributed by atoms with Crippen LogP contribution in [-0.4, -0.2) is 66.8 Å². The van der Waals surface area contributed by atoms with Gasteiger partial charge in [0.25, 0.3) is 5.91 Å². The molecule has 0 aromatic heterocycles. The highest BCUT2D eigenvalue weighted by atomic mass is 16.2. The van der Waals surface area contributed by atoms with Gasteiger partial charge in [-0.05, 0) is 56.2 Å². The van der Waals surface area contributed by atoms with Crippen LogP contribution >= 0.6 is 0 Å². The molecule has 0 bridgehead atoms. The minimum absolute atomic E-state index is 0.139. The lowest BCUT2D eigenvalue weighted by molar-refractivity contribution is -0.134. The van der Waals surface area contributed by atoms with Crippen molar-refractivity contribution < 1.29 is 9.59 Å².